The van der Waals surface area contributed by atoms with Crippen molar-refractivity contribution < 1.29 is 9.90 Å². The highest BCUT2D eigenvalue weighted by Gasteiger charge is 2.04. The largest absolute Gasteiger partial charge is 0.549 e. The fourth-order valence-electron chi connectivity index (χ4n) is 1.31. The van der Waals surface area contributed by atoms with Gasteiger partial charge in [-0.2, -0.15) is 0 Å². The third-order valence-electron chi connectivity index (χ3n) is 1.96. The second-order valence-corrected chi connectivity index (χ2v) is 4.02. The molecule has 0 unspecified atom stereocenters. The maximum absolute atomic E-state index is 10.4. The fraction of sp³-hybridized carbons (Fsp3) is 0.0909. The number of aliphatic carboxylic acids is 1. The van der Waals surface area contributed by atoms with E-state index >= 15 is 0 Å². The third-order valence-corrected chi connectivity index (χ3v) is 2.90. The fourth-order valence-corrected chi connectivity index (χ4v) is 1.99. The lowest BCUT2D eigenvalue weighted by Crippen LogP contribution is -2.24. The number of carbonyl (C=O) groups excluding carboxylic acids is 1. The lowest BCUT2D eigenvalue weighted by molar-refractivity contribution is -0.301. The van der Waals surface area contributed by atoms with Crippen molar-refractivity contribution in [2.75, 3.05) is 5.75 Å². The molecular weight excluding hydrogens is 224 g/mol. The van der Waals surface area contributed by atoms with Crippen LogP contribution < -0.4 is 5.11 Å². The van der Waals surface area contributed by atoms with Crippen LogP contribution in [0.5, 0.6) is 0 Å². The normalized spacial score (nSPS) is 10.2. The number of hydrogen-bond donors (Lipinski definition) is 0. The zero-order valence-corrected chi connectivity index (χ0v) is 9.18. The molecule has 2 aromatic rings. The molecule has 0 radical (unpaired) electrons. The van der Waals surface area contributed by atoms with Crippen molar-refractivity contribution in [2.45, 2.75) is 5.16 Å². The van der Waals surface area contributed by atoms with E-state index in [1.54, 1.807) is 12.4 Å². The summed E-state index contributed by atoms with van der Waals surface area (Å²) in [6, 6.07) is 9.63. The van der Waals surface area contributed by atoms with Gasteiger partial charge in [-0.1, -0.05) is 30.0 Å². The van der Waals surface area contributed by atoms with Crippen LogP contribution in [-0.2, 0) is 4.79 Å². The van der Waals surface area contributed by atoms with E-state index in [0.29, 0.717) is 5.16 Å². The summed E-state index contributed by atoms with van der Waals surface area (Å²) < 4.78 is 1.84. The van der Waals surface area contributed by atoms with Gasteiger partial charge in [-0.15, -0.1) is 0 Å². The van der Waals surface area contributed by atoms with E-state index in [4.69, 9.17) is 0 Å². The average molecular weight is 233 g/mol. The van der Waals surface area contributed by atoms with Gasteiger partial charge >= 0.3 is 0 Å². The van der Waals surface area contributed by atoms with Crippen LogP contribution in [0.4, 0.5) is 0 Å². The summed E-state index contributed by atoms with van der Waals surface area (Å²) in [4.78, 5) is 14.5. The Morgan fingerprint density at radius 2 is 2.12 bits per heavy atom. The van der Waals surface area contributed by atoms with E-state index in [1.807, 2.05) is 34.9 Å². The highest BCUT2D eigenvalue weighted by Crippen LogP contribution is 2.19. The Kier molecular flexibility index (Phi) is 3.26. The van der Waals surface area contributed by atoms with Gasteiger partial charge in [0.25, 0.3) is 0 Å². The molecule has 0 aliphatic carbocycles. The van der Waals surface area contributed by atoms with Crippen LogP contribution in [0.15, 0.2) is 47.9 Å². The third kappa shape index (κ3) is 2.43. The summed E-state index contributed by atoms with van der Waals surface area (Å²) in [6.07, 6.45) is 3.44. The summed E-state index contributed by atoms with van der Waals surface area (Å²) in [5.41, 5.74) is 0.959. The molecule has 5 heteroatoms. The van der Waals surface area contributed by atoms with Gasteiger partial charge in [0.15, 0.2) is 5.16 Å². The first-order valence-corrected chi connectivity index (χ1v) is 5.67. The number of carboxylic acid groups (broad SMARTS) is 1. The molecule has 82 valence electrons. The summed E-state index contributed by atoms with van der Waals surface area (Å²) in [7, 11) is 0. The monoisotopic (exact) mass is 233 g/mol. The number of thioether (sulfide) groups is 1. The molecule has 16 heavy (non-hydrogen) atoms. The predicted molar refractivity (Wildman–Crippen MR) is 59.3 cm³/mol. The molecule has 0 fully saturated rings. The first-order chi connectivity index (χ1) is 7.77. The van der Waals surface area contributed by atoms with Crippen LogP contribution in [0.25, 0.3) is 5.69 Å². The highest BCUT2D eigenvalue weighted by atomic mass is 32.2. The molecule has 0 saturated carbocycles. The van der Waals surface area contributed by atoms with Crippen LogP contribution in [0.1, 0.15) is 0 Å². The van der Waals surface area contributed by atoms with Gasteiger partial charge in [0.1, 0.15) is 0 Å². The zero-order chi connectivity index (χ0) is 11.4. The van der Waals surface area contributed by atoms with Gasteiger partial charge in [0, 0.05) is 23.8 Å². The number of imidazole rings is 1. The first-order valence-electron chi connectivity index (χ1n) is 4.69. The SMILES string of the molecule is O=C([O-])CSc1nccn1-c1ccccc1. The van der Waals surface area contributed by atoms with Gasteiger partial charge in [-0.25, -0.2) is 4.98 Å². The molecule has 0 aliphatic heterocycles. The number of carboxylic acids is 1. The molecule has 2 rings (SSSR count). The molecule has 0 atom stereocenters. The second kappa shape index (κ2) is 4.85. The zero-order valence-electron chi connectivity index (χ0n) is 8.37. The topological polar surface area (TPSA) is 57.9 Å². The quantitative estimate of drug-likeness (QED) is 0.730. The number of para-hydroxylation sites is 1. The summed E-state index contributed by atoms with van der Waals surface area (Å²) >= 11 is 1.15. The van der Waals surface area contributed by atoms with Crippen LogP contribution in [0, 0.1) is 0 Å². The molecule has 1 aromatic heterocycles. The van der Waals surface area contributed by atoms with Gasteiger partial charge < -0.3 is 9.90 Å². The molecule has 4 nitrogen and oxygen atoms in total. The van der Waals surface area contributed by atoms with Gasteiger partial charge in [0.05, 0.1) is 5.97 Å². The summed E-state index contributed by atoms with van der Waals surface area (Å²) in [5, 5.41) is 11.0. The van der Waals surface area contributed by atoms with Crippen LogP contribution >= 0.6 is 11.8 Å². The van der Waals surface area contributed by atoms with E-state index in [9.17, 15) is 9.90 Å². The van der Waals surface area contributed by atoms with Crippen LogP contribution in [0.2, 0.25) is 0 Å². The number of hydrogen-bond acceptors (Lipinski definition) is 4. The standard InChI is InChI=1S/C11H10N2O2S/c14-10(15)8-16-11-12-6-7-13(11)9-4-2-1-3-5-9/h1-7H,8H2,(H,14,15)/p-1. The number of rotatable bonds is 4. The summed E-state index contributed by atoms with van der Waals surface area (Å²) in [6.45, 7) is 0. The molecule has 0 amide bonds. The van der Waals surface area contributed by atoms with Crippen molar-refractivity contribution >= 4 is 17.7 Å². The van der Waals surface area contributed by atoms with E-state index < -0.39 is 5.97 Å². The lowest BCUT2D eigenvalue weighted by Gasteiger charge is -2.07. The molecule has 0 spiro atoms. The Bertz CT molecular complexity index is 482. The van der Waals surface area contributed by atoms with E-state index in [1.165, 1.54) is 0 Å². The molecular formula is C11H9N2O2S-. The number of nitrogens with zero attached hydrogens (tertiary/aromatic N) is 2. The van der Waals surface area contributed by atoms with E-state index in [-0.39, 0.29) is 5.75 Å². The van der Waals surface area contributed by atoms with Crippen molar-refractivity contribution in [1.82, 2.24) is 9.55 Å². The Morgan fingerprint density at radius 1 is 1.38 bits per heavy atom. The van der Waals surface area contributed by atoms with Crippen LogP contribution in [0.3, 0.4) is 0 Å². The van der Waals surface area contributed by atoms with Crippen molar-refractivity contribution in [2.24, 2.45) is 0 Å². The predicted octanol–water partition coefficient (Wildman–Crippen LogP) is 0.714. The van der Waals surface area contributed by atoms with Gasteiger partial charge in [-0.3, -0.25) is 4.57 Å². The second-order valence-electron chi connectivity index (χ2n) is 3.08. The maximum atomic E-state index is 10.4. The number of benzene rings is 1. The smallest absolute Gasteiger partial charge is 0.172 e. The van der Waals surface area contributed by atoms with Crippen molar-refractivity contribution in [3.05, 3.63) is 42.7 Å². The Morgan fingerprint density at radius 3 is 2.81 bits per heavy atom. The molecule has 0 aliphatic rings. The van der Waals surface area contributed by atoms with E-state index in [0.717, 1.165) is 17.4 Å². The molecule has 0 N–H and O–H groups in total. The Balaban J connectivity index is 2.23. The number of aromatic nitrogens is 2. The molecule has 1 aromatic carbocycles. The average Bonchev–Trinajstić information content (AvgIpc) is 2.75. The minimum Gasteiger partial charge on any atom is -0.549 e. The lowest BCUT2D eigenvalue weighted by atomic mass is 10.3. The van der Waals surface area contributed by atoms with Gasteiger partial charge in [0.2, 0.25) is 0 Å². The Labute approximate surface area is 96.9 Å². The molecule has 0 saturated heterocycles. The van der Waals surface area contributed by atoms with Crippen molar-refractivity contribution in [3.8, 4) is 5.69 Å². The molecule has 0 bridgehead atoms. The van der Waals surface area contributed by atoms with Crippen molar-refractivity contribution in [1.29, 1.82) is 0 Å². The molecule has 1 heterocycles. The Hall–Kier alpha value is -1.75. The maximum Gasteiger partial charge on any atom is 0.172 e. The van der Waals surface area contributed by atoms with Gasteiger partial charge in [-0.05, 0) is 12.1 Å². The number of carbonyl (C=O) groups is 1. The highest BCUT2D eigenvalue weighted by molar-refractivity contribution is 7.99. The van der Waals surface area contributed by atoms with Crippen molar-refractivity contribution in [3.63, 3.8) is 0 Å². The first kappa shape index (κ1) is 10.8. The minimum absolute atomic E-state index is 0.0934. The van der Waals surface area contributed by atoms with Crippen LogP contribution in [-0.4, -0.2) is 21.3 Å². The minimum atomic E-state index is -1.09. The summed E-state index contributed by atoms with van der Waals surface area (Å²) in [5.74, 6) is -1.18. The van der Waals surface area contributed by atoms with E-state index in [2.05, 4.69) is 4.98 Å².